The van der Waals surface area contributed by atoms with Crippen LogP contribution in [0.1, 0.15) is 79.0 Å². The number of hydrogen-bond donors (Lipinski definition) is 2. The molecule has 0 saturated carbocycles. The highest BCUT2D eigenvalue weighted by Gasteiger charge is 2.42. The number of nitrogens with one attached hydrogen (secondary N) is 2. The van der Waals surface area contributed by atoms with Gasteiger partial charge in [0.15, 0.2) is 0 Å². The number of ether oxygens (including phenoxy) is 2. The van der Waals surface area contributed by atoms with Crippen molar-refractivity contribution in [1.82, 2.24) is 20.4 Å². The molecule has 5 rings (SSSR count). The van der Waals surface area contributed by atoms with Gasteiger partial charge < -0.3 is 29.9 Å². The highest BCUT2D eigenvalue weighted by atomic mass is 16.5. The number of amides is 3. The third kappa shape index (κ3) is 7.88. The van der Waals surface area contributed by atoms with Crippen LogP contribution in [0.2, 0.25) is 0 Å². The molecule has 2 aromatic carbocycles. The first kappa shape index (κ1) is 30.9. The molecule has 0 aromatic heterocycles. The van der Waals surface area contributed by atoms with Crippen LogP contribution in [0.4, 0.5) is 0 Å². The van der Waals surface area contributed by atoms with Gasteiger partial charge >= 0.3 is 0 Å². The average Bonchev–Trinajstić information content (AvgIpc) is 3.55. The van der Waals surface area contributed by atoms with Crippen LogP contribution >= 0.6 is 0 Å². The number of hydrogen-bond acceptors (Lipinski definition) is 6. The number of para-hydroxylation sites is 2. The maximum atomic E-state index is 13.7. The maximum absolute atomic E-state index is 13.7. The second kappa shape index (κ2) is 14.7. The molecule has 0 aliphatic carbocycles. The Morgan fingerprint density at radius 2 is 1.70 bits per heavy atom. The topological polar surface area (TPSA) is 100 Å². The number of carbonyl (C=O) groups excluding carboxylic acids is 3. The number of rotatable bonds is 6. The van der Waals surface area contributed by atoms with Crippen molar-refractivity contribution in [3.8, 4) is 11.5 Å². The standard InChI is InChI=1S/C34H46N4O5/c1-26-25-43-29-13-4-2-11-27(29)31(39)35-18-7-6-15-34(33(41)36-26)16-22-38(23-17-34)32(40)28-12-3-5-14-30(28)42-24-10-21-37-19-8-9-20-37/h2-5,11-14,26H,6-10,15-25H2,1H3,(H,35,39)(H,36,41)/t26-/m1/s1. The summed E-state index contributed by atoms with van der Waals surface area (Å²) in [5, 5.41) is 6.18. The molecule has 0 unspecified atom stereocenters. The third-order valence-electron chi connectivity index (χ3n) is 9.05. The molecule has 3 heterocycles. The molecule has 2 saturated heterocycles. The molecule has 3 aliphatic heterocycles. The number of benzene rings is 2. The lowest BCUT2D eigenvalue weighted by Crippen LogP contribution is -2.52. The summed E-state index contributed by atoms with van der Waals surface area (Å²) in [4.78, 5) is 44.5. The van der Waals surface area contributed by atoms with Gasteiger partial charge in [0.1, 0.15) is 18.1 Å². The predicted octanol–water partition coefficient (Wildman–Crippen LogP) is 4.27. The lowest BCUT2D eigenvalue weighted by Gasteiger charge is -2.41. The number of piperidine rings is 1. The fourth-order valence-electron chi connectivity index (χ4n) is 6.44. The first-order valence-electron chi connectivity index (χ1n) is 16.0. The van der Waals surface area contributed by atoms with Gasteiger partial charge in [0.05, 0.1) is 29.2 Å². The van der Waals surface area contributed by atoms with E-state index in [0.717, 1.165) is 25.8 Å². The van der Waals surface area contributed by atoms with Crippen molar-refractivity contribution in [3.05, 3.63) is 59.7 Å². The van der Waals surface area contributed by atoms with E-state index in [2.05, 4.69) is 15.5 Å². The lowest BCUT2D eigenvalue weighted by atomic mass is 9.73. The molecule has 9 heteroatoms. The molecule has 3 aliphatic rings. The Balaban J connectivity index is 1.20. The molecule has 2 aromatic rings. The van der Waals surface area contributed by atoms with Gasteiger partial charge in [0, 0.05) is 26.2 Å². The highest BCUT2D eigenvalue weighted by molar-refractivity contribution is 5.97. The minimum Gasteiger partial charge on any atom is -0.493 e. The summed E-state index contributed by atoms with van der Waals surface area (Å²) in [6.07, 6.45) is 6.95. The van der Waals surface area contributed by atoms with E-state index in [4.69, 9.17) is 9.47 Å². The minimum atomic E-state index is -0.567. The molecule has 3 amide bonds. The van der Waals surface area contributed by atoms with Gasteiger partial charge in [-0.3, -0.25) is 14.4 Å². The van der Waals surface area contributed by atoms with Crippen LogP contribution in [-0.2, 0) is 4.79 Å². The van der Waals surface area contributed by atoms with Crippen LogP contribution in [0.25, 0.3) is 0 Å². The summed E-state index contributed by atoms with van der Waals surface area (Å²) >= 11 is 0. The van der Waals surface area contributed by atoms with Gasteiger partial charge in [0.25, 0.3) is 11.8 Å². The zero-order valence-electron chi connectivity index (χ0n) is 25.4. The molecule has 0 radical (unpaired) electrons. The molecule has 0 bridgehead atoms. The van der Waals surface area contributed by atoms with E-state index in [1.54, 1.807) is 12.1 Å². The van der Waals surface area contributed by atoms with E-state index in [-0.39, 0.29) is 30.4 Å². The van der Waals surface area contributed by atoms with Crippen LogP contribution in [0.5, 0.6) is 11.5 Å². The summed E-state index contributed by atoms with van der Waals surface area (Å²) in [7, 11) is 0. The van der Waals surface area contributed by atoms with Crippen LogP contribution in [0, 0.1) is 5.41 Å². The van der Waals surface area contributed by atoms with E-state index in [1.165, 1.54) is 25.9 Å². The van der Waals surface area contributed by atoms with Gasteiger partial charge in [-0.05, 0) is 89.2 Å². The smallest absolute Gasteiger partial charge is 0.257 e. The van der Waals surface area contributed by atoms with Gasteiger partial charge in [-0.15, -0.1) is 0 Å². The second-order valence-electron chi connectivity index (χ2n) is 12.2. The van der Waals surface area contributed by atoms with Crippen molar-refractivity contribution in [3.63, 3.8) is 0 Å². The van der Waals surface area contributed by atoms with Crippen molar-refractivity contribution >= 4 is 17.7 Å². The van der Waals surface area contributed by atoms with E-state index in [0.29, 0.717) is 68.1 Å². The summed E-state index contributed by atoms with van der Waals surface area (Å²) < 4.78 is 12.1. The zero-order chi connectivity index (χ0) is 30.1. The van der Waals surface area contributed by atoms with Crippen molar-refractivity contribution < 1.29 is 23.9 Å². The van der Waals surface area contributed by atoms with Gasteiger partial charge in [0.2, 0.25) is 5.91 Å². The SMILES string of the molecule is C[C@@H]1COc2ccccc2C(=O)NCCCCC2(CCN(C(=O)c3ccccc3OCCCN3CCCC3)CC2)C(=O)N1. The first-order valence-corrected chi connectivity index (χ1v) is 16.0. The van der Waals surface area contributed by atoms with Gasteiger partial charge in [-0.25, -0.2) is 0 Å². The van der Waals surface area contributed by atoms with Crippen LogP contribution in [0.3, 0.4) is 0 Å². The van der Waals surface area contributed by atoms with Crippen molar-refractivity contribution in [2.24, 2.45) is 5.41 Å². The molecular formula is C34H46N4O5. The summed E-state index contributed by atoms with van der Waals surface area (Å²) in [5.41, 5.74) is 0.514. The van der Waals surface area contributed by atoms with Crippen molar-refractivity contribution in [2.45, 2.75) is 64.3 Å². The van der Waals surface area contributed by atoms with E-state index < -0.39 is 5.41 Å². The molecule has 1 atom stereocenters. The highest BCUT2D eigenvalue weighted by Crippen LogP contribution is 2.38. The summed E-state index contributed by atoms with van der Waals surface area (Å²) in [6, 6.07) is 14.4. The maximum Gasteiger partial charge on any atom is 0.257 e. The minimum absolute atomic E-state index is 0.0202. The fraction of sp³-hybridized carbons (Fsp3) is 0.559. The summed E-state index contributed by atoms with van der Waals surface area (Å²) in [5.74, 6) is 0.959. The molecular weight excluding hydrogens is 544 g/mol. The Morgan fingerprint density at radius 3 is 2.51 bits per heavy atom. The van der Waals surface area contributed by atoms with Crippen LogP contribution < -0.4 is 20.1 Å². The van der Waals surface area contributed by atoms with Crippen LogP contribution in [0.15, 0.2) is 48.5 Å². The van der Waals surface area contributed by atoms with Gasteiger partial charge in [-0.1, -0.05) is 30.7 Å². The Kier molecular flexibility index (Phi) is 10.6. The second-order valence-corrected chi connectivity index (χ2v) is 12.2. The Hall–Kier alpha value is -3.59. The molecule has 2 N–H and O–H groups in total. The Morgan fingerprint density at radius 1 is 0.953 bits per heavy atom. The Bertz CT molecular complexity index is 1250. The van der Waals surface area contributed by atoms with Crippen molar-refractivity contribution in [2.75, 3.05) is 52.5 Å². The number of likely N-dealkylation sites (tertiary alicyclic amines) is 2. The lowest BCUT2D eigenvalue weighted by molar-refractivity contribution is -0.135. The molecule has 43 heavy (non-hydrogen) atoms. The largest absolute Gasteiger partial charge is 0.493 e. The zero-order valence-corrected chi connectivity index (χ0v) is 25.4. The molecule has 2 fully saturated rings. The van der Waals surface area contributed by atoms with Crippen molar-refractivity contribution in [1.29, 1.82) is 0 Å². The molecule has 232 valence electrons. The number of carbonyl (C=O) groups is 3. The first-order chi connectivity index (χ1) is 20.9. The van der Waals surface area contributed by atoms with E-state index in [9.17, 15) is 14.4 Å². The molecule has 1 spiro atoms. The number of nitrogens with zero attached hydrogens (tertiary/aromatic N) is 2. The van der Waals surface area contributed by atoms with E-state index in [1.807, 2.05) is 48.2 Å². The predicted molar refractivity (Wildman–Crippen MR) is 166 cm³/mol. The monoisotopic (exact) mass is 590 g/mol. The normalized spacial score (nSPS) is 21.7. The Labute approximate surface area is 255 Å². The summed E-state index contributed by atoms with van der Waals surface area (Å²) in [6.45, 7) is 7.65. The van der Waals surface area contributed by atoms with E-state index >= 15 is 0 Å². The third-order valence-corrected chi connectivity index (χ3v) is 9.05. The van der Waals surface area contributed by atoms with Gasteiger partial charge in [-0.2, -0.15) is 0 Å². The molecule has 9 nitrogen and oxygen atoms in total. The fourth-order valence-corrected chi connectivity index (χ4v) is 6.44. The average molecular weight is 591 g/mol. The quantitative estimate of drug-likeness (QED) is 0.488. The van der Waals surface area contributed by atoms with Crippen LogP contribution in [-0.4, -0.2) is 86.0 Å². The number of fused-ring (bicyclic) bond motifs is 1.